The number of hydrogen-bond donors (Lipinski definition) is 4. The summed E-state index contributed by atoms with van der Waals surface area (Å²) in [5.41, 5.74) is 12.1. The molecule has 0 saturated carbocycles. The van der Waals surface area contributed by atoms with Crippen molar-refractivity contribution in [1.82, 2.24) is 0 Å². The third-order valence-electron chi connectivity index (χ3n) is 4.15. The summed E-state index contributed by atoms with van der Waals surface area (Å²) >= 11 is 0. The molecule has 1 aromatic carbocycles. The molecular formula is C18H28N2O4. The second-order valence-corrected chi connectivity index (χ2v) is 6.07. The van der Waals surface area contributed by atoms with Crippen LogP contribution in [0, 0.1) is 0 Å². The molecule has 0 aliphatic rings. The van der Waals surface area contributed by atoms with Crippen molar-refractivity contribution in [3.8, 4) is 0 Å². The number of aromatic carboxylic acids is 2. The van der Waals surface area contributed by atoms with Gasteiger partial charge in [-0.1, -0.05) is 38.5 Å². The van der Waals surface area contributed by atoms with Gasteiger partial charge in [0.2, 0.25) is 0 Å². The number of carboxylic acid groups (broad SMARTS) is 2. The predicted molar refractivity (Wildman–Crippen MR) is 93.3 cm³/mol. The maximum atomic E-state index is 11.3. The number of hydrogen-bond acceptors (Lipinski definition) is 4. The molecule has 0 radical (unpaired) electrons. The van der Waals surface area contributed by atoms with Crippen LogP contribution in [0.1, 0.15) is 83.7 Å². The summed E-state index contributed by atoms with van der Waals surface area (Å²) in [6.07, 6.45) is 8.30. The van der Waals surface area contributed by atoms with Gasteiger partial charge < -0.3 is 21.7 Å². The number of nitrogens with two attached hydrogens (primary N) is 2. The molecule has 0 aliphatic carbocycles. The highest BCUT2D eigenvalue weighted by Crippen LogP contribution is 2.23. The molecule has 6 heteroatoms. The molecule has 6 N–H and O–H groups in total. The topological polar surface area (TPSA) is 127 Å². The number of carboxylic acids is 2. The fourth-order valence-electron chi connectivity index (χ4n) is 2.75. The highest BCUT2D eigenvalue weighted by atomic mass is 16.4. The van der Waals surface area contributed by atoms with Gasteiger partial charge in [-0.3, -0.25) is 0 Å². The van der Waals surface area contributed by atoms with Crippen molar-refractivity contribution in [2.75, 3.05) is 6.54 Å². The molecule has 0 bridgehead atoms. The van der Waals surface area contributed by atoms with Gasteiger partial charge in [0.15, 0.2) is 0 Å². The standard InChI is InChI=1S/C18H28N2O4/c19-11-7-5-3-1-2-4-6-8-16(20)15-12-13(17(21)22)9-10-14(15)18(23)24/h9-10,12,16H,1-8,11,19-20H2,(H,21,22)(H,23,24). The first kappa shape index (κ1) is 20.1. The average molecular weight is 336 g/mol. The van der Waals surface area contributed by atoms with Crippen molar-refractivity contribution >= 4 is 11.9 Å². The van der Waals surface area contributed by atoms with Gasteiger partial charge in [0.1, 0.15) is 0 Å². The van der Waals surface area contributed by atoms with Gasteiger partial charge in [-0.15, -0.1) is 0 Å². The minimum Gasteiger partial charge on any atom is -0.478 e. The first-order valence-electron chi connectivity index (χ1n) is 8.53. The van der Waals surface area contributed by atoms with E-state index in [-0.39, 0.29) is 11.1 Å². The minimum atomic E-state index is -1.09. The lowest BCUT2D eigenvalue weighted by molar-refractivity contribution is 0.0679. The molecule has 1 rings (SSSR count). The molecule has 134 valence electrons. The molecule has 0 aliphatic heterocycles. The lowest BCUT2D eigenvalue weighted by Crippen LogP contribution is -2.16. The Labute approximate surface area is 142 Å². The molecule has 1 atom stereocenters. The first-order valence-corrected chi connectivity index (χ1v) is 8.53. The molecular weight excluding hydrogens is 308 g/mol. The highest BCUT2D eigenvalue weighted by molar-refractivity contribution is 5.93. The number of benzene rings is 1. The van der Waals surface area contributed by atoms with Crippen molar-refractivity contribution in [1.29, 1.82) is 0 Å². The van der Waals surface area contributed by atoms with Gasteiger partial charge in [0, 0.05) is 6.04 Å². The Hall–Kier alpha value is -1.92. The van der Waals surface area contributed by atoms with Crippen molar-refractivity contribution in [2.24, 2.45) is 11.5 Å². The third kappa shape index (κ3) is 6.68. The Morgan fingerprint density at radius 2 is 1.50 bits per heavy atom. The fourth-order valence-corrected chi connectivity index (χ4v) is 2.75. The zero-order chi connectivity index (χ0) is 17.9. The normalized spacial score (nSPS) is 12.1. The number of rotatable bonds is 12. The molecule has 0 fully saturated rings. The van der Waals surface area contributed by atoms with E-state index >= 15 is 0 Å². The van der Waals surface area contributed by atoms with Crippen molar-refractivity contribution in [3.05, 3.63) is 34.9 Å². The molecule has 0 amide bonds. The molecule has 0 saturated heterocycles. The van der Waals surface area contributed by atoms with E-state index in [0.29, 0.717) is 12.0 Å². The van der Waals surface area contributed by atoms with Gasteiger partial charge in [-0.2, -0.15) is 0 Å². The maximum absolute atomic E-state index is 11.3. The summed E-state index contributed by atoms with van der Waals surface area (Å²) in [4.78, 5) is 22.4. The third-order valence-corrected chi connectivity index (χ3v) is 4.15. The summed E-state index contributed by atoms with van der Waals surface area (Å²) in [5.74, 6) is -2.17. The monoisotopic (exact) mass is 336 g/mol. The van der Waals surface area contributed by atoms with Gasteiger partial charge in [0.25, 0.3) is 0 Å². The molecule has 0 aromatic heterocycles. The summed E-state index contributed by atoms with van der Waals surface area (Å²) in [7, 11) is 0. The molecule has 0 heterocycles. The van der Waals surface area contributed by atoms with E-state index in [1.807, 2.05) is 0 Å². The predicted octanol–water partition coefficient (Wildman–Crippen LogP) is 3.16. The molecule has 24 heavy (non-hydrogen) atoms. The Kier molecular flexibility index (Phi) is 9.04. The van der Waals surface area contributed by atoms with E-state index in [1.165, 1.54) is 37.5 Å². The van der Waals surface area contributed by atoms with Gasteiger partial charge in [-0.25, -0.2) is 9.59 Å². The maximum Gasteiger partial charge on any atom is 0.336 e. The van der Waals surface area contributed by atoms with Crippen LogP contribution in [0.25, 0.3) is 0 Å². The van der Waals surface area contributed by atoms with Crippen LogP contribution in [0.2, 0.25) is 0 Å². The van der Waals surface area contributed by atoms with Gasteiger partial charge >= 0.3 is 11.9 Å². The summed E-state index contributed by atoms with van der Waals surface area (Å²) < 4.78 is 0. The highest BCUT2D eigenvalue weighted by Gasteiger charge is 2.18. The van der Waals surface area contributed by atoms with Crippen LogP contribution >= 0.6 is 0 Å². The zero-order valence-electron chi connectivity index (χ0n) is 14.0. The van der Waals surface area contributed by atoms with Gasteiger partial charge in [0.05, 0.1) is 11.1 Å². The lowest BCUT2D eigenvalue weighted by Gasteiger charge is -2.15. The van der Waals surface area contributed by atoms with Crippen LogP contribution in [0.4, 0.5) is 0 Å². The van der Waals surface area contributed by atoms with E-state index in [9.17, 15) is 14.7 Å². The molecule has 1 unspecified atom stereocenters. The van der Waals surface area contributed by atoms with Crippen molar-refractivity contribution < 1.29 is 19.8 Å². The molecule has 1 aromatic rings. The van der Waals surface area contributed by atoms with Crippen LogP contribution < -0.4 is 11.5 Å². The smallest absolute Gasteiger partial charge is 0.336 e. The summed E-state index contributed by atoms with van der Waals surface area (Å²) in [5, 5.41) is 18.3. The SMILES string of the molecule is NCCCCCCCCCC(N)c1cc(C(=O)O)ccc1C(=O)O. The first-order chi connectivity index (χ1) is 11.5. The largest absolute Gasteiger partial charge is 0.478 e. The van der Waals surface area contributed by atoms with E-state index < -0.39 is 18.0 Å². The Morgan fingerprint density at radius 1 is 0.917 bits per heavy atom. The van der Waals surface area contributed by atoms with E-state index in [4.69, 9.17) is 16.6 Å². The van der Waals surface area contributed by atoms with Gasteiger partial charge in [-0.05, 0) is 43.1 Å². The Bertz CT molecular complexity index is 546. The van der Waals surface area contributed by atoms with Crippen molar-refractivity contribution in [2.45, 2.75) is 57.4 Å². The summed E-state index contributed by atoms with van der Waals surface area (Å²) in [6, 6.07) is 3.53. The molecule has 6 nitrogen and oxygen atoms in total. The number of unbranched alkanes of at least 4 members (excludes halogenated alkanes) is 6. The zero-order valence-corrected chi connectivity index (χ0v) is 14.0. The minimum absolute atomic E-state index is 0.0605. The van der Waals surface area contributed by atoms with Crippen LogP contribution in [0.5, 0.6) is 0 Å². The quantitative estimate of drug-likeness (QED) is 0.434. The lowest BCUT2D eigenvalue weighted by atomic mass is 9.94. The summed E-state index contributed by atoms with van der Waals surface area (Å²) in [6.45, 7) is 0.746. The Morgan fingerprint density at radius 3 is 2.04 bits per heavy atom. The van der Waals surface area contributed by atoms with E-state index in [1.54, 1.807) is 0 Å². The van der Waals surface area contributed by atoms with Crippen molar-refractivity contribution in [3.63, 3.8) is 0 Å². The average Bonchev–Trinajstić information content (AvgIpc) is 2.56. The number of carbonyl (C=O) groups is 2. The second-order valence-electron chi connectivity index (χ2n) is 6.07. The Balaban J connectivity index is 2.51. The molecule has 0 spiro atoms. The van der Waals surface area contributed by atoms with E-state index in [2.05, 4.69) is 0 Å². The van der Waals surface area contributed by atoms with Crippen LogP contribution in [-0.2, 0) is 0 Å². The van der Waals surface area contributed by atoms with Crippen LogP contribution in [-0.4, -0.2) is 28.7 Å². The van der Waals surface area contributed by atoms with Crippen LogP contribution in [0.15, 0.2) is 18.2 Å². The van der Waals surface area contributed by atoms with E-state index in [0.717, 1.165) is 32.2 Å². The fraction of sp³-hybridized carbons (Fsp3) is 0.556. The van der Waals surface area contributed by atoms with Crippen LogP contribution in [0.3, 0.4) is 0 Å². The second kappa shape index (κ2) is 10.8.